The van der Waals surface area contributed by atoms with Crippen LogP contribution in [0.2, 0.25) is 0 Å². The van der Waals surface area contributed by atoms with Crippen molar-refractivity contribution in [3.05, 3.63) is 58.6 Å². The molecule has 1 aromatic carbocycles. The fourth-order valence-electron chi connectivity index (χ4n) is 3.80. The lowest BCUT2D eigenvalue weighted by Gasteiger charge is -2.30. The van der Waals surface area contributed by atoms with Gasteiger partial charge in [-0.2, -0.15) is 13.2 Å². The van der Waals surface area contributed by atoms with Gasteiger partial charge in [-0.1, -0.05) is 6.92 Å². The van der Waals surface area contributed by atoms with E-state index in [1.165, 1.54) is 22.3 Å². The summed E-state index contributed by atoms with van der Waals surface area (Å²) in [6.45, 7) is 4.35. The number of ether oxygens (including phenoxy) is 2. The molecule has 10 nitrogen and oxygen atoms in total. The van der Waals surface area contributed by atoms with Crippen molar-refractivity contribution in [3.8, 4) is 16.3 Å². The lowest BCUT2D eigenvalue weighted by molar-refractivity contribution is -0.145. The molecule has 0 aliphatic carbocycles. The molecule has 2 amide bonds. The van der Waals surface area contributed by atoms with Gasteiger partial charge in [0, 0.05) is 46.7 Å². The maximum atomic E-state index is 13.2. The zero-order chi connectivity index (χ0) is 28.2. The highest BCUT2D eigenvalue weighted by molar-refractivity contribution is 7.15. The van der Waals surface area contributed by atoms with Crippen LogP contribution in [-0.2, 0) is 17.3 Å². The summed E-state index contributed by atoms with van der Waals surface area (Å²) in [5, 5.41) is 12.7. The number of carboxylic acid groups (broad SMARTS) is 1. The van der Waals surface area contributed by atoms with Crippen LogP contribution in [0.1, 0.15) is 46.5 Å². The number of carbonyl (C=O) groups is 2. The molecule has 208 valence electrons. The third-order valence-electron chi connectivity index (χ3n) is 5.94. The van der Waals surface area contributed by atoms with E-state index in [1.54, 1.807) is 25.3 Å². The summed E-state index contributed by atoms with van der Waals surface area (Å²) < 4.78 is 49.9. The maximum Gasteiger partial charge on any atom is 0.451 e. The van der Waals surface area contributed by atoms with Crippen molar-refractivity contribution in [1.29, 1.82) is 0 Å². The number of amides is 2. The van der Waals surface area contributed by atoms with Crippen LogP contribution in [0.25, 0.3) is 10.6 Å². The Balaban J connectivity index is 1.53. The molecule has 1 aliphatic rings. The van der Waals surface area contributed by atoms with Crippen LogP contribution in [0.5, 0.6) is 5.75 Å². The number of nitrogens with one attached hydrogen (secondary N) is 1. The standard InChI is InChI=1S/C25H26F3N5O5S/c1-3-20-11-29-22(39-20)16-6-15(7-18(8-16)38-13-19-12-33(24(35)36)4-5-37-19)21(34)32-14(2)17-9-30-23(31-10-17)25(26,27)28/h6-11,14,19H,3-5,12-13H2,1-2H3,(H,32,34)(H,35,36)/t14-,19+/m1/s1. The fourth-order valence-corrected chi connectivity index (χ4v) is 4.63. The minimum atomic E-state index is -4.66. The Bertz CT molecular complexity index is 1320. The van der Waals surface area contributed by atoms with Gasteiger partial charge in [0.1, 0.15) is 23.5 Å². The first-order valence-corrected chi connectivity index (χ1v) is 12.9. The van der Waals surface area contributed by atoms with Crippen molar-refractivity contribution in [1.82, 2.24) is 25.2 Å². The first-order valence-electron chi connectivity index (χ1n) is 12.1. The second-order valence-electron chi connectivity index (χ2n) is 8.80. The van der Waals surface area contributed by atoms with Gasteiger partial charge in [-0.15, -0.1) is 11.3 Å². The third-order valence-corrected chi connectivity index (χ3v) is 7.13. The van der Waals surface area contributed by atoms with Crippen LogP contribution in [-0.4, -0.2) is 69.4 Å². The van der Waals surface area contributed by atoms with E-state index in [4.69, 9.17) is 9.47 Å². The Morgan fingerprint density at radius 1 is 1.23 bits per heavy atom. The number of rotatable bonds is 8. The second kappa shape index (κ2) is 11.9. The van der Waals surface area contributed by atoms with Gasteiger partial charge in [0.2, 0.25) is 5.82 Å². The Labute approximate surface area is 225 Å². The molecular weight excluding hydrogens is 539 g/mol. The molecular formula is C25H26F3N5O5S. The number of hydrogen-bond acceptors (Lipinski definition) is 8. The van der Waals surface area contributed by atoms with Crippen LogP contribution in [0, 0.1) is 0 Å². The Hall–Kier alpha value is -3.78. The molecule has 0 spiro atoms. The molecule has 2 aromatic heterocycles. The van der Waals surface area contributed by atoms with Crippen LogP contribution in [0.3, 0.4) is 0 Å². The smallest absolute Gasteiger partial charge is 0.451 e. The second-order valence-corrected chi connectivity index (χ2v) is 9.91. The van der Waals surface area contributed by atoms with Crippen LogP contribution < -0.4 is 10.1 Å². The predicted molar refractivity (Wildman–Crippen MR) is 135 cm³/mol. The molecule has 1 aliphatic heterocycles. The Kier molecular flexibility index (Phi) is 8.65. The quantitative estimate of drug-likeness (QED) is 0.411. The molecule has 0 saturated carbocycles. The van der Waals surface area contributed by atoms with E-state index < -0.39 is 36.1 Å². The van der Waals surface area contributed by atoms with Gasteiger partial charge in [0.05, 0.1) is 19.2 Å². The SMILES string of the molecule is CCc1cnc(-c2cc(OC[C@@H]3CN(C(=O)O)CCO3)cc(C(=O)N[C@H](C)c3cnc(C(F)(F)F)nc3)c2)s1. The Morgan fingerprint density at radius 3 is 2.62 bits per heavy atom. The van der Waals surface area contributed by atoms with E-state index in [0.29, 0.717) is 21.9 Å². The molecule has 0 radical (unpaired) electrons. The molecule has 14 heteroatoms. The van der Waals surface area contributed by atoms with E-state index in [0.717, 1.165) is 23.7 Å². The maximum absolute atomic E-state index is 13.2. The van der Waals surface area contributed by atoms with Crippen molar-refractivity contribution < 1.29 is 37.3 Å². The predicted octanol–water partition coefficient (Wildman–Crippen LogP) is 4.43. The summed E-state index contributed by atoms with van der Waals surface area (Å²) in [6.07, 6.45) is -1.57. The van der Waals surface area contributed by atoms with Crippen LogP contribution in [0.4, 0.5) is 18.0 Å². The highest BCUT2D eigenvalue weighted by Crippen LogP contribution is 2.31. The molecule has 4 rings (SSSR count). The van der Waals surface area contributed by atoms with Gasteiger partial charge in [0.25, 0.3) is 5.91 Å². The van der Waals surface area contributed by atoms with E-state index >= 15 is 0 Å². The summed E-state index contributed by atoms with van der Waals surface area (Å²) in [4.78, 5) is 37.9. The van der Waals surface area contributed by atoms with Crippen LogP contribution >= 0.6 is 11.3 Å². The lowest BCUT2D eigenvalue weighted by Crippen LogP contribution is -2.47. The van der Waals surface area contributed by atoms with E-state index in [1.807, 2.05) is 6.92 Å². The van der Waals surface area contributed by atoms with Gasteiger partial charge >= 0.3 is 12.3 Å². The number of halogens is 3. The van der Waals surface area contributed by atoms with Crippen molar-refractivity contribution in [2.24, 2.45) is 0 Å². The lowest BCUT2D eigenvalue weighted by atomic mass is 10.1. The fraction of sp³-hybridized carbons (Fsp3) is 0.400. The number of aryl methyl sites for hydroxylation is 1. The van der Waals surface area contributed by atoms with E-state index in [-0.39, 0.29) is 31.9 Å². The molecule has 1 saturated heterocycles. The van der Waals surface area contributed by atoms with Gasteiger partial charge in [-0.3, -0.25) is 4.79 Å². The van der Waals surface area contributed by atoms with Crippen molar-refractivity contribution in [2.75, 3.05) is 26.3 Å². The summed E-state index contributed by atoms with van der Waals surface area (Å²) in [5.41, 5.74) is 1.19. The number of nitrogens with zero attached hydrogens (tertiary/aromatic N) is 4. The minimum absolute atomic E-state index is 0.0612. The zero-order valence-electron chi connectivity index (χ0n) is 21.1. The van der Waals surface area contributed by atoms with Crippen LogP contribution in [0.15, 0.2) is 36.8 Å². The Morgan fingerprint density at radius 2 is 1.97 bits per heavy atom. The van der Waals surface area contributed by atoms with Gasteiger partial charge in [0.15, 0.2) is 0 Å². The summed E-state index contributed by atoms with van der Waals surface area (Å²) in [7, 11) is 0. The number of benzene rings is 1. The van der Waals surface area contributed by atoms with Crippen molar-refractivity contribution >= 4 is 23.3 Å². The average Bonchev–Trinajstić information content (AvgIpc) is 3.41. The average molecular weight is 566 g/mol. The molecule has 3 aromatic rings. The number of morpholine rings is 1. The first-order chi connectivity index (χ1) is 18.5. The third kappa shape index (κ3) is 7.20. The number of alkyl halides is 3. The number of thiazole rings is 1. The summed E-state index contributed by atoms with van der Waals surface area (Å²) >= 11 is 1.48. The monoisotopic (exact) mass is 565 g/mol. The molecule has 39 heavy (non-hydrogen) atoms. The highest BCUT2D eigenvalue weighted by atomic mass is 32.1. The molecule has 2 atom stereocenters. The van der Waals surface area contributed by atoms with Gasteiger partial charge in [-0.25, -0.2) is 19.7 Å². The highest BCUT2D eigenvalue weighted by Gasteiger charge is 2.34. The molecule has 2 N–H and O–H groups in total. The minimum Gasteiger partial charge on any atom is -0.491 e. The van der Waals surface area contributed by atoms with Gasteiger partial charge < -0.3 is 24.8 Å². The van der Waals surface area contributed by atoms with Crippen molar-refractivity contribution in [3.63, 3.8) is 0 Å². The number of carbonyl (C=O) groups excluding carboxylic acids is 1. The number of aromatic nitrogens is 3. The van der Waals surface area contributed by atoms with Crippen molar-refractivity contribution in [2.45, 2.75) is 38.6 Å². The molecule has 0 bridgehead atoms. The topological polar surface area (TPSA) is 127 Å². The largest absolute Gasteiger partial charge is 0.491 e. The zero-order valence-corrected chi connectivity index (χ0v) is 21.9. The number of hydrogen-bond donors (Lipinski definition) is 2. The molecule has 3 heterocycles. The molecule has 0 unspecified atom stereocenters. The van der Waals surface area contributed by atoms with Gasteiger partial charge in [-0.05, 0) is 31.5 Å². The van der Waals surface area contributed by atoms with E-state index in [2.05, 4.69) is 20.3 Å². The normalized spacial score (nSPS) is 16.5. The summed E-state index contributed by atoms with van der Waals surface area (Å²) in [5.74, 6) is -1.40. The molecule has 1 fully saturated rings. The summed E-state index contributed by atoms with van der Waals surface area (Å²) in [6, 6.07) is 4.23. The van der Waals surface area contributed by atoms with E-state index in [9.17, 15) is 27.9 Å². The first kappa shape index (κ1) is 28.2.